The van der Waals surface area contributed by atoms with Crippen LogP contribution >= 0.6 is 11.3 Å². The number of hydrogen-bond donors (Lipinski definition) is 1. The van der Waals surface area contributed by atoms with Gasteiger partial charge in [0.1, 0.15) is 11.2 Å². The van der Waals surface area contributed by atoms with Gasteiger partial charge in [-0.3, -0.25) is 4.79 Å². The van der Waals surface area contributed by atoms with Crippen LogP contribution in [0, 0.1) is 6.92 Å². The smallest absolute Gasteiger partial charge is 0.229 e. The number of nitrogens with one attached hydrogen (secondary N) is 1. The fourth-order valence-electron chi connectivity index (χ4n) is 4.72. The van der Waals surface area contributed by atoms with E-state index in [1.54, 1.807) is 11.3 Å². The van der Waals surface area contributed by atoms with E-state index in [0.29, 0.717) is 24.3 Å². The zero-order chi connectivity index (χ0) is 22.0. The molecule has 8 nitrogen and oxygen atoms in total. The van der Waals surface area contributed by atoms with E-state index in [2.05, 4.69) is 37.7 Å². The number of anilines is 2. The van der Waals surface area contributed by atoms with E-state index in [-0.39, 0.29) is 5.91 Å². The molecule has 0 unspecified atom stereocenters. The molecule has 0 aromatic carbocycles. The first-order valence-corrected chi connectivity index (χ1v) is 12.2. The molecule has 2 fully saturated rings. The Morgan fingerprint density at radius 1 is 1.25 bits per heavy atom. The molecule has 32 heavy (non-hydrogen) atoms. The molecule has 0 radical (unpaired) electrons. The van der Waals surface area contributed by atoms with Crippen LogP contribution < -0.4 is 5.32 Å². The third-order valence-corrected chi connectivity index (χ3v) is 7.33. The van der Waals surface area contributed by atoms with Crippen molar-refractivity contribution in [2.24, 2.45) is 7.05 Å². The van der Waals surface area contributed by atoms with Crippen molar-refractivity contribution in [2.75, 3.05) is 5.32 Å². The Balaban J connectivity index is 1.44. The van der Waals surface area contributed by atoms with Gasteiger partial charge in [0.2, 0.25) is 5.91 Å². The third kappa shape index (κ3) is 3.26. The zero-order valence-corrected chi connectivity index (χ0v) is 19.4. The predicted octanol–water partition coefficient (Wildman–Crippen LogP) is 4.15. The number of imidazole rings is 1. The minimum absolute atomic E-state index is 0.255. The van der Waals surface area contributed by atoms with Crippen LogP contribution in [0.1, 0.15) is 44.0 Å². The van der Waals surface area contributed by atoms with Crippen LogP contribution in [0.3, 0.4) is 0 Å². The second kappa shape index (κ2) is 7.30. The Hall–Kier alpha value is -2.94. The predicted molar refractivity (Wildman–Crippen MR) is 126 cm³/mol. The highest BCUT2D eigenvalue weighted by molar-refractivity contribution is 7.13. The van der Waals surface area contributed by atoms with Gasteiger partial charge in [0, 0.05) is 42.1 Å². The molecule has 9 heteroatoms. The number of nitrogens with zero attached hydrogens (tertiary/aromatic N) is 6. The van der Waals surface area contributed by atoms with Crippen LogP contribution in [-0.4, -0.2) is 47.0 Å². The number of carbonyl (C=O) groups excluding carboxylic acids is 1. The lowest BCUT2D eigenvalue weighted by atomic mass is 10.2. The quantitative estimate of drug-likeness (QED) is 0.458. The molecule has 166 valence electrons. The van der Waals surface area contributed by atoms with Crippen LogP contribution in [0.25, 0.3) is 22.1 Å². The summed E-state index contributed by atoms with van der Waals surface area (Å²) in [4.78, 5) is 29.6. The number of amides is 1. The lowest BCUT2D eigenvalue weighted by Gasteiger charge is -2.22. The van der Waals surface area contributed by atoms with E-state index in [0.717, 1.165) is 70.8 Å². The highest BCUT2D eigenvalue weighted by Crippen LogP contribution is 2.38. The molecule has 4 heterocycles. The van der Waals surface area contributed by atoms with Crippen molar-refractivity contribution in [3.05, 3.63) is 29.2 Å². The summed E-state index contributed by atoms with van der Waals surface area (Å²) in [5, 5.41) is 7.22. The van der Waals surface area contributed by atoms with Gasteiger partial charge in [-0.2, -0.15) is 0 Å². The van der Waals surface area contributed by atoms with E-state index in [1.165, 1.54) is 0 Å². The molecule has 1 N–H and O–H groups in total. The molecule has 0 spiro atoms. The van der Waals surface area contributed by atoms with Gasteiger partial charge in [-0.25, -0.2) is 15.0 Å². The maximum absolute atomic E-state index is 13.3. The number of hydrogen-bond acceptors (Lipinski definition) is 6. The third-order valence-electron chi connectivity index (χ3n) is 6.45. The molecule has 0 aliphatic heterocycles. The molecule has 1 amide bonds. The molecular weight excluding hydrogens is 422 g/mol. The average molecular weight is 450 g/mol. The summed E-state index contributed by atoms with van der Waals surface area (Å²) < 4.78 is 4.21. The second-order valence-electron chi connectivity index (χ2n) is 8.99. The number of rotatable bonds is 7. The van der Waals surface area contributed by atoms with Crippen molar-refractivity contribution < 1.29 is 4.79 Å². The van der Waals surface area contributed by atoms with Crippen molar-refractivity contribution in [3.63, 3.8) is 0 Å². The number of aromatic nitrogens is 5. The van der Waals surface area contributed by atoms with Crippen LogP contribution in [0.15, 0.2) is 17.8 Å². The average Bonchev–Trinajstić information content (AvgIpc) is 3.67. The van der Waals surface area contributed by atoms with Gasteiger partial charge in [0.05, 0.1) is 24.0 Å². The van der Waals surface area contributed by atoms with Gasteiger partial charge in [0.25, 0.3) is 0 Å². The van der Waals surface area contributed by atoms with E-state index in [9.17, 15) is 4.79 Å². The van der Waals surface area contributed by atoms with Gasteiger partial charge in [-0.1, -0.05) is 0 Å². The first kappa shape index (κ1) is 19.7. The lowest BCUT2D eigenvalue weighted by Crippen LogP contribution is -2.36. The van der Waals surface area contributed by atoms with Crippen molar-refractivity contribution in [2.45, 2.75) is 64.6 Å². The highest BCUT2D eigenvalue weighted by Gasteiger charge is 2.42. The van der Waals surface area contributed by atoms with Gasteiger partial charge in [0.15, 0.2) is 10.9 Å². The van der Waals surface area contributed by atoms with Gasteiger partial charge in [-0.05, 0) is 45.6 Å². The van der Waals surface area contributed by atoms with Gasteiger partial charge >= 0.3 is 0 Å². The molecule has 6 rings (SSSR count). The summed E-state index contributed by atoms with van der Waals surface area (Å²) in [6.07, 6.45) is 6.86. The van der Waals surface area contributed by atoms with Crippen LogP contribution in [-0.2, 0) is 24.8 Å². The maximum Gasteiger partial charge on any atom is 0.229 e. The number of thiazole rings is 1. The fourth-order valence-corrected chi connectivity index (χ4v) is 5.41. The first-order valence-electron chi connectivity index (χ1n) is 11.4. The first-order chi connectivity index (χ1) is 15.5. The topological polar surface area (TPSA) is 80.9 Å². The Labute approximate surface area is 190 Å². The van der Waals surface area contributed by atoms with Crippen molar-refractivity contribution in [1.82, 2.24) is 29.0 Å². The summed E-state index contributed by atoms with van der Waals surface area (Å²) in [5.41, 5.74) is 4.72. The molecule has 0 bridgehead atoms. The van der Waals surface area contributed by atoms with Crippen LogP contribution in [0.2, 0.25) is 0 Å². The normalized spacial score (nSPS) is 16.2. The summed E-state index contributed by atoms with van der Waals surface area (Å²) in [5.74, 6) is 0.955. The molecule has 2 aliphatic carbocycles. The maximum atomic E-state index is 13.3. The number of pyridine rings is 1. The van der Waals surface area contributed by atoms with Crippen molar-refractivity contribution in [1.29, 1.82) is 0 Å². The van der Waals surface area contributed by atoms with E-state index in [1.807, 2.05) is 30.2 Å². The Bertz CT molecular complexity index is 1330. The fraction of sp³-hybridized carbons (Fsp3) is 0.478. The monoisotopic (exact) mass is 449 g/mol. The number of fused-ring (bicyclic) bond motifs is 3. The van der Waals surface area contributed by atoms with Crippen molar-refractivity contribution in [3.8, 4) is 0 Å². The van der Waals surface area contributed by atoms with E-state index >= 15 is 0 Å². The largest absolute Gasteiger partial charge is 0.336 e. The van der Waals surface area contributed by atoms with E-state index < -0.39 is 0 Å². The lowest BCUT2D eigenvalue weighted by molar-refractivity contribution is -0.131. The van der Waals surface area contributed by atoms with Crippen molar-refractivity contribution >= 4 is 50.3 Å². The molecule has 4 aromatic rings. The molecule has 0 saturated heterocycles. The minimum Gasteiger partial charge on any atom is -0.336 e. The van der Waals surface area contributed by atoms with E-state index in [4.69, 9.17) is 4.98 Å². The summed E-state index contributed by atoms with van der Waals surface area (Å²) in [7, 11) is 2.00. The van der Waals surface area contributed by atoms with Crippen LogP contribution in [0.5, 0.6) is 0 Å². The highest BCUT2D eigenvalue weighted by atomic mass is 32.1. The summed E-state index contributed by atoms with van der Waals surface area (Å²) in [6, 6.07) is 3.08. The van der Waals surface area contributed by atoms with Crippen LogP contribution in [0.4, 0.5) is 10.9 Å². The summed E-state index contributed by atoms with van der Waals surface area (Å²) in [6.45, 7) is 4.84. The van der Waals surface area contributed by atoms with Gasteiger partial charge < -0.3 is 19.4 Å². The second-order valence-corrected chi connectivity index (χ2v) is 9.85. The molecule has 0 atom stereocenters. The molecule has 2 saturated carbocycles. The Morgan fingerprint density at radius 3 is 2.62 bits per heavy atom. The number of aryl methyl sites for hydroxylation is 3. The summed E-state index contributed by atoms with van der Waals surface area (Å²) >= 11 is 1.56. The Morgan fingerprint density at radius 2 is 2.00 bits per heavy atom. The minimum atomic E-state index is 0.255. The molecular formula is C23H27N7OS. The molecule has 4 aromatic heterocycles. The molecule has 2 aliphatic rings. The number of carbonyl (C=O) groups is 1. The standard InChI is InChI=1S/C23H27N7OS/c1-4-29-16(10-18(31)30(14-5-6-14)15-7-8-15)9-17-20-19(24-12-28(20)3)21(26-22(17)29)27-23-25-13(2)11-32-23/h9,11-12,14-15H,4-8,10H2,1-3H3,(H,25,26,27). The Kier molecular flexibility index (Phi) is 4.50. The van der Waals surface area contributed by atoms with Gasteiger partial charge in [-0.15, -0.1) is 11.3 Å². The zero-order valence-electron chi connectivity index (χ0n) is 18.6. The SMILES string of the molecule is CCn1c(CC(=O)N(C2CC2)C2CC2)cc2c3c(ncn3C)c(Nc3nc(C)cs3)nc21.